The molecule has 15 atom stereocenters. The Hall–Kier alpha value is -9.80. The zero-order valence-corrected chi connectivity index (χ0v) is 55.7. The largest absolute Gasteiger partial charge is 0.480 e. The second-order valence-electron chi connectivity index (χ2n) is 23.9. The molecule has 0 spiro atoms. The Morgan fingerprint density at radius 1 is 0.505 bits per heavy atom. The van der Waals surface area contributed by atoms with Gasteiger partial charge in [-0.05, 0) is 61.6 Å². The first kappa shape index (κ1) is 81.4. The van der Waals surface area contributed by atoms with Gasteiger partial charge in [-0.15, -0.1) is 0 Å². The summed E-state index contributed by atoms with van der Waals surface area (Å²) in [7, 11) is 0. The molecule has 1 aromatic heterocycles. The summed E-state index contributed by atoms with van der Waals surface area (Å²) in [5, 5.41) is 77.2. The number of aliphatic carboxylic acids is 1. The van der Waals surface area contributed by atoms with Crippen LogP contribution in [0.4, 0.5) is 0 Å². The minimum absolute atomic E-state index is 0.0576. The van der Waals surface area contributed by atoms with Crippen molar-refractivity contribution in [3.63, 3.8) is 0 Å². The van der Waals surface area contributed by atoms with Crippen LogP contribution in [-0.4, -0.2) is 207 Å². The van der Waals surface area contributed by atoms with Crippen LogP contribution >= 0.6 is 0 Å². The summed E-state index contributed by atoms with van der Waals surface area (Å²) in [5.41, 5.74) is 18.3. The van der Waals surface area contributed by atoms with Crippen LogP contribution in [-0.2, 0) is 75.2 Å². The number of hydrogen-bond acceptors (Lipinski definition) is 18. The number of carboxylic acids is 1. The van der Waals surface area contributed by atoms with Crippen molar-refractivity contribution in [3.8, 4) is 0 Å². The van der Waals surface area contributed by atoms with Crippen molar-refractivity contribution in [1.82, 2.24) is 68.8 Å². The number of carbonyl (C=O) groups is 13. The highest BCUT2D eigenvalue weighted by molar-refractivity contribution is 6.00. The molecule has 0 aliphatic rings. The maximum atomic E-state index is 14.8. The fourth-order valence-electron chi connectivity index (χ4n) is 9.83. The van der Waals surface area contributed by atoms with E-state index in [4.69, 9.17) is 22.6 Å². The van der Waals surface area contributed by atoms with Gasteiger partial charge in [-0.1, -0.05) is 109 Å². The lowest BCUT2D eigenvalue weighted by Crippen LogP contribution is -2.61. The number of benzene rings is 2. The Labute approximate surface area is 561 Å². The van der Waals surface area contributed by atoms with Crippen LogP contribution in [0.5, 0.6) is 0 Å². The number of fused-ring (bicyclic) bond motifs is 1. The van der Waals surface area contributed by atoms with Gasteiger partial charge in [0.1, 0.15) is 54.4 Å². The van der Waals surface area contributed by atoms with Gasteiger partial charge in [0, 0.05) is 36.5 Å². The van der Waals surface area contributed by atoms with E-state index in [0.29, 0.717) is 34.9 Å². The molecule has 2 aromatic carbocycles. The van der Waals surface area contributed by atoms with Gasteiger partial charge in [-0.3, -0.25) is 62.9 Å². The molecule has 12 amide bonds. The maximum absolute atomic E-state index is 14.8. The molecule has 0 unspecified atom stereocenters. The van der Waals surface area contributed by atoms with Gasteiger partial charge in [-0.2, -0.15) is 0 Å². The third-order valence-corrected chi connectivity index (χ3v) is 16.2. The monoisotopic (exact) mass is 1360 g/mol. The third-order valence-electron chi connectivity index (χ3n) is 16.2. The van der Waals surface area contributed by atoms with Gasteiger partial charge in [-0.25, -0.2) is 4.79 Å². The molecule has 1 heterocycles. The van der Waals surface area contributed by atoms with Crippen molar-refractivity contribution >= 4 is 93.7 Å². The topological polar surface area (TPSA) is 565 Å². The SMILES string of the molecule is CC[C@H](C)[C@H](NC(=O)[C@H](Cc1c[nH]c2ccccc12)NC(=O)CNC(=O)[C@H](CCCNC(=N)N)NC(=O)[C@@H](NC(=O)[C@@H](NC(=O)[C@H](CC(N)=O)NC(=O)[C@@H](N)CO)[C@@H](C)CC)[C@@H](C)CC)C(=O)N[C@@H](Cc1ccccc1)C(=O)NCC(=O)N[C@H](C(=O)N[C@H](C(=O)O)[C@@H](C)O)[C@@H](C)O. The van der Waals surface area contributed by atoms with Crippen LogP contribution < -0.4 is 81.0 Å². The van der Waals surface area contributed by atoms with Gasteiger partial charge in [0.25, 0.3) is 0 Å². The van der Waals surface area contributed by atoms with Crippen molar-refractivity contribution in [1.29, 1.82) is 5.41 Å². The van der Waals surface area contributed by atoms with Crippen molar-refractivity contribution in [2.75, 3.05) is 26.2 Å². The van der Waals surface area contributed by atoms with E-state index in [1.807, 2.05) is 5.32 Å². The van der Waals surface area contributed by atoms with E-state index in [2.05, 4.69) is 63.5 Å². The van der Waals surface area contributed by atoms with Crippen molar-refractivity contribution in [2.45, 2.75) is 179 Å². The number of carbonyl (C=O) groups excluding carboxylic acids is 12. The van der Waals surface area contributed by atoms with Crippen LogP contribution in [0.2, 0.25) is 0 Å². The Morgan fingerprint density at radius 2 is 0.948 bits per heavy atom. The lowest BCUT2D eigenvalue weighted by Gasteiger charge is -2.31. The summed E-state index contributed by atoms with van der Waals surface area (Å²) in [6.45, 7) is 10.0. The molecule has 0 bridgehead atoms. The van der Waals surface area contributed by atoms with E-state index in [1.54, 1.807) is 102 Å². The highest BCUT2D eigenvalue weighted by atomic mass is 16.4. The molecular formula is C63H97N17O17. The molecular weight excluding hydrogens is 1270 g/mol. The number of amides is 12. The molecule has 0 saturated heterocycles. The molecule has 0 fully saturated rings. The number of H-pyrrole nitrogens is 1. The standard InChI is InChI=1S/C63H97N17O17/c1-9-31(4)48(59(93)75-42(24-36-18-13-12-14-19-36)55(89)71-29-47(86)76-51(34(7)82)61(95)80-52(35(8)83)62(96)97)77-56(90)43(25-37-27-69-40-21-16-15-20-38(37)40)72-46(85)28-70-54(88)41(22-17-23-68-63(66)67)73-58(92)49(32(5)10-2)79-60(94)50(33(6)11-3)78-57(91)44(26-45(65)84)74-53(87)39(64)30-81/h12-16,18-21,27,31-35,39,41-44,48-52,69,81-83H,9-11,17,22-26,28-30,64H2,1-8H3,(H2,65,84)(H,70,88)(H,71,89)(H,72,85)(H,73,92)(H,74,87)(H,75,93)(H,76,86)(H,77,90)(H,78,91)(H,79,94)(H,80,95)(H,96,97)(H4,66,67,68)/t31-,32-,33-,34+,35+,39-,41-,42-,43-,44-,48-,49-,50-,51-,52-/m0/s1. The number of nitrogens with two attached hydrogens (primary N) is 3. The summed E-state index contributed by atoms with van der Waals surface area (Å²) in [6.07, 6.45) is -1.66. The minimum Gasteiger partial charge on any atom is -0.480 e. The predicted octanol–water partition coefficient (Wildman–Crippen LogP) is -5.01. The quantitative estimate of drug-likeness (QED) is 0.0143. The van der Waals surface area contributed by atoms with Gasteiger partial charge in [0.2, 0.25) is 70.9 Å². The molecule has 0 saturated carbocycles. The molecule has 24 N–H and O–H groups in total. The number of rotatable bonds is 42. The first-order valence-electron chi connectivity index (χ1n) is 31.9. The van der Waals surface area contributed by atoms with Gasteiger partial charge in [0.15, 0.2) is 12.0 Å². The highest BCUT2D eigenvalue weighted by Gasteiger charge is 2.38. The number of primary amides is 1. The molecule has 34 heteroatoms. The predicted molar refractivity (Wildman–Crippen MR) is 353 cm³/mol. The summed E-state index contributed by atoms with van der Waals surface area (Å²) >= 11 is 0. The van der Waals surface area contributed by atoms with Crippen molar-refractivity contribution < 1.29 is 82.8 Å². The summed E-state index contributed by atoms with van der Waals surface area (Å²) in [5.74, 6) is -15.2. The number of hydrogen-bond donors (Lipinski definition) is 21. The molecule has 0 aliphatic heterocycles. The average molecular weight is 1360 g/mol. The number of guanidine groups is 1. The number of aromatic amines is 1. The number of aliphatic hydroxyl groups is 3. The first-order valence-corrected chi connectivity index (χ1v) is 31.9. The Balaban J connectivity index is 1.93. The maximum Gasteiger partial charge on any atom is 0.328 e. The fourth-order valence-corrected chi connectivity index (χ4v) is 9.83. The Morgan fingerprint density at radius 3 is 1.45 bits per heavy atom. The second-order valence-corrected chi connectivity index (χ2v) is 23.9. The minimum atomic E-state index is -1.79. The zero-order valence-electron chi connectivity index (χ0n) is 55.7. The van der Waals surface area contributed by atoms with E-state index >= 15 is 0 Å². The van der Waals surface area contributed by atoms with E-state index < -0.39 is 193 Å². The number of aliphatic hydroxyl groups excluding tert-OH is 3. The molecule has 34 nitrogen and oxygen atoms in total. The van der Waals surface area contributed by atoms with Crippen LogP contribution in [0.15, 0.2) is 60.8 Å². The van der Waals surface area contributed by atoms with Crippen LogP contribution in [0.3, 0.4) is 0 Å². The number of aromatic nitrogens is 1. The molecule has 3 rings (SSSR count). The van der Waals surface area contributed by atoms with Gasteiger partial charge < -0.3 is 106 Å². The summed E-state index contributed by atoms with van der Waals surface area (Å²) in [4.78, 5) is 179. The van der Waals surface area contributed by atoms with Crippen molar-refractivity contribution in [3.05, 3.63) is 71.9 Å². The van der Waals surface area contributed by atoms with E-state index in [0.717, 1.165) is 13.8 Å². The zero-order chi connectivity index (χ0) is 72.8. The molecule has 536 valence electrons. The van der Waals surface area contributed by atoms with Crippen molar-refractivity contribution in [2.24, 2.45) is 35.0 Å². The number of carboxylic acid groups (broad SMARTS) is 1. The number of nitrogens with one attached hydrogen (secondary N) is 14. The summed E-state index contributed by atoms with van der Waals surface area (Å²) in [6, 6.07) is 0.472. The molecule has 97 heavy (non-hydrogen) atoms. The molecule has 3 aromatic rings. The van der Waals surface area contributed by atoms with Crippen LogP contribution in [0.25, 0.3) is 10.9 Å². The lowest BCUT2D eigenvalue weighted by atomic mass is 9.94. The van der Waals surface area contributed by atoms with E-state index in [9.17, 15) is 82.8 Å². The number of para-hydroxylation sites is 1. The Bertz CT molecular complexity index is 3200. The normalized spacial score (nSPS) is 15.8. The van der Waals surface area contributed by atoms with Crippen LogP contribution in [0, 0.1) is 23.2 Å². The summed E-state index contributed by atoms with van der Waals surface area (Å²) < 4.78 is 0. The van der Waals surface area contributed by atoms with Crippen LogP contribution in [0.1, 0.15) is 105 Å². The lowest BCUT2D eigenvalue weighted by molar-refractivity contribution is -0.145. The fraction of sp³-hybridized carbons (Fsp3) is 0.556. The molecule has 0 aliphatic carbocycles. The highest BCUT2D eigenvalue weighted by Crippen LogP contribution is 2.21. The average Bonchev–Trinajstić information content (AvgIpc) is 1.77. The second kappa shape index (κ2) is 40.6. The Kier molecular flexibility index (Phi) is 34.1. The smallest absolute Gasteiger partial charge is 0.328 e. The first-order chi connectivity index (χ1) is 45.8. The van der Waals surface area contributed by atoms with E-state index in [1.165, 1.54) is 0 Å². The third kappa shape index (κ3) is 26.7. The van der Waals surface area contributed by atoms with Gasteiger partial charge >= 0.3 is 5.97 Å². The van der Waals surface area contributed by atoms with E-state index in [-0.39, 0.29) is 44.6 Å². The molecule has 0 radical (unpaired) electrons. The van der Waals surface area contributed by atoms with Gasteiger partial charge in [0.05, 0.1) is 38.3 Å².